The third-order valence-electron chi connectivity index (χ3n) is 2.54. The van der Waals surface area contributed by atoms with Gasteiger partial charge in [-0.15, -0.1) is 0 Å². The van der Waals surface area contributed by atoms with Crippen LogP contribution in [0, 0.1) is 0 Å². The monoisotopic (exact) mass is 183 g/mol. The molecule has 0 amide bonds. The third kappa shape index (κ3) is 2.06. The minimum absolute atomic E-state index is 0.0447. The summed E-state index contributed by atoms with van der Waals surface area (Å²) >= 11 is 0. The van der Waals surface area contributed by atoms with Crippen LogP contribution in [0.1, 0.15) is 25.0 Å². The molecule has 0 unspecified atom stereocenters. The zero-order chi connectivity index (χ0) is 9.10. The van der Waals surface area contributed by atoms with Crippen molar-refractivity contribution >= 4 is 0 Å². The van der Waals surface area contributed by atoms with Crippen LogP contribution in [0.3, 0.4) is 0 Å². The van der Waals surface area contributed by atoms with E-state index in [0.29, 0.717) is 13.0 Å². The first kappa shape index (κ1) is 8.69. The van der Waals surface area contributed by atoms with Gasteiger partial charge in [-0.05, 0) is 19.3 Å². The fraction of sp³-hybridized carbons (Fsp3) is 0.667. The average molecular weight is 183 g/mol. The van der Waals surface area contributed by atoms with E-state index in [1.54, 1.807) is 12.5 Å². The highest BCUT2D eigenvalue weighted by Crippen LogP contribution is 2.21. The summed E-state index contributed by atoms with van der Waals surface area (Å²) in [5, 5.41) is 3.19. The number of halogens is 1. The molecule has 0 radical (unpaired) electrons. The Labute approximate surface area is 76.8 Å². The van der Waals surface area contributed by atoms with Gasteiger partial charge in [0.25, 0.3) is 0 Å². The predicted octanol–water partition coefficient (Wildman–Crippen LogP) is 1.39. The van der Waals surface area contributed by atoms with Crippen LogP contribution in [-0.4, -0.2) is 22.2 Å². The van der Waals surface area contributed by atoms with Gasteiger partial charge in [0, 0.05) is 24.5 Å². The van der Waals surface area contributed by atoms with Crippen LogP contribution in [0.4, 0.5) is 4.39 Å². The van der Waals surface area contributed by atoms with Crippen LogP contribution < -0.4 is 5.32 Å². The second kappa shape index (κ2) is 3.87. The van der Waals surface area contributed by atoms with Gasteiger partial charge in [-0.25, -0.2) is 9.37 Å². The summed E-state index contributed by atoms with van der Waals surface area (Å²) in [5.74, 6) is 0. The summed E-state index contributed by atoms with van der Waals surface area (Å²) in [7, 11) is 0. The molecule has 2 atom stereocenters. The number of aromatic nitrogens is 2. The third-order valence-corrected chi connectivity index (χ3v) is 2.54. The van der Waals surface area contributed by atoms with E-state index in [4.69, 9.17) is 0 Å². The molecule has 0 bridgehead atoms. The van der Waals surface area contributed by atoms with Gasteiger partial charge in [0.05, 0.1) is 6.33 Å². The van der Waals surface area contributed by atoms with Crippen molar-refractivity contribution in [3.8, 4) is 0 Å². The Hall–Kier alpha value is -0.900. The number of aromatic amines is 1. The molecule has 1 aromatic heterocycles. The molecular formula is C9H14FN3. The van der Waals surface area contributed by atoms with E-state index in [-0.39, 0.29) is 6.04 Å². The summed E-state index contributed by atoms with van der Waals surface area (Å²) in [6.45, 7) is 0.686. The van der Waals surface area contributed by atoms with Crippen molar-refractivity contribution in [1.29, 1.82) is 0 Å². The minimum Gasteiger partial charge on any atom is -0.347 e. The lowest BCUT2D eigenvalue weighted by Gasteiger charge is -2.13. The van der Waals surface area contributed by atoms with E-state index in [1.807, 2.05) is 0 Å². The molecule has 1 aliphatic rings. The number of nitrogens with one attached hydrogen (secondary N) is 2. The number of H-pyrrole nitrogens is 1. The van der Waals surface area contributed by atoms with Crippen molar-refractivity contribution in [1.82, 2.24) is 15.3 Å². The quantitative estimate of drug-likeness (QED) is 0.743. The van der Waals surface area contributed by atoms with Crippen LogP contribution in [0.2, 0.25) is 0 Å². The van der Waals surface area contributed by atoms with Crippen LogP contribution in [0.25, 0.3) is 0 Å². The molecular weight excluding hydrogens is 169 g/mol. The highest BCUT2D eigenvalue weighted by Gasteiger charge is 2.26. The summed E-state index contributed by atoms with van der Waals surface area (Å²) in [6.07, 6.45) is 5.40. The van der Waals surface area contributed by atoms with Gasteiger partial charge in [-0.1, -0.05) is 0 Å². The Bertz CT molecular complexity index is 247. The van der Waals surface area contributed by atoms with E-state index >= 15 is 0 Å². The van der Waals surface area contributed by atoms with Crippen LogP contribution in [-0.2, 0) is 6.54 Å². The van der Waals surface area contributed by atoms with Gasteiger partial charge in [-0.2, -0.15) is 0 Å². The molecule has 0 saturated heterocycles. The van der Waals surface area contributed by atoms with E-state index in [9.17, 15) is 4.39 Å². The molecule has 13 heavy (non-hydrogen) atoms. The number of alkyl halides is 1. The Morgan fingerprint density at radius 3 is 3.15 bits per heavy atom. The van der Waals surface area contributed by atoms with Crippen LogP contribution >= 0.6 is 0 Å². The summed E-state index contributed by atoms with van der Waals surface area (Å²) < 4.78 is 13.1. The second-order valence-corrected chi connectivity index (χ2v) is 3.51. The maximum Gasteiger partial charge on any atom is 0.115 e. The Balaban J connectivity index is 1.79. The van der Waals surface area contributed by atoms with Gasteiger partial charge in [0.15, 0.2) is 0 Å². The van der Waals surface area contributed by atoms with Gasteiger partial charge >= 0.3 is 0 Å². The molecule has 72 valence electrons. The van der Waals surface area contributed by atoms with Crippen molar-refractivity contribution < 1.29 is 4.39 Å². The van der Waals surface area contributed by atoms with Crippen molar-refractivity contribution in [3.63, 3.8) is 0 Å². The first-order chi connectivity index (χ1) is 6.36. The summed E-state index contributed by atoms with van der Waals surface area (Å²) in [5.41, 5.74) is 1.01. The van der Waals surface area contributed by atoms with Crippen LogP contribution in [0.15, 0.2) is 12.5 Å². The molecule has 1 heterocycles. The Kier molecular flexibility index (Phi) is 2.59. The molecule has 1 fully saturated rings. The van der Waals surface area contributed by atoms with Crippen molar-refractivity contribution in [2.45, 2.75) is 38.0 Å². The van der Waals surface area contributed by atoms with Gasteiger partial charge in [0.1, 0.15) is 6.17 Å². The van der Waals surface area contributed by atoms with Gasteiger partial charge in [0.2, 0.25) is 0 Å². The Morgan fingerprint density at radius 1 is 1.62 bits per heavy atom. The zero-order valence-electron chi connectivity index (χ0n) is 7.46. The predicted molar refractivity (Wildman–Crippen MR) is 48.0 cm³/mol. The number of nitrogens with zero attached hydrogens (tertiary/aromatic N) is 1. The topological polar surface area (TPSA) is 40.7 Å². The van der Waals surface area contributed by atoms with Gasteiger partial charge in [-0.3, -0.25) is 0 Å². The fourth-order valence-corrected chi connectivity index (χ4v) is 1.77. The minimum atomic E-state index is -0.664. The molecule has 2 rings (SSSR count). The molecule has 0 spiro atoms. The van der Waals surface area contributed by atoms with E-state index in [1.165, 1.54) is 0 Å². The lowest BCUT2D eigenvalue weighted by Crippen LogP contribution is -2.32. The normalized spacial score (nSPS) is 28.1. The SMILES string of the molecule is F[C@@H]1CCC[C@@H]1NCc1cnc[nH]1. The lowest BCUT2D eigenvalue weighted by molar-refractivity contribution is 0.279. The van der Waals surface area contributed by atoms with E-state index in [0.717, 1.165) is 18.5 Å². The molecule has 2 N–H and O–H groups in total. The maximum absolute atomic E-state index is 13.1. The van der Waals surface area contributed by atoms with E-state index in [2.05, 4.69) is 15.3 Å². The number of hydrogen-bond donors (Lipinski definition) is 2. The molecule has 1 saturated carbocycles. The molecule has 0 aromatic carbocycles. The number of imidazole rings is 1. The molecule has 1 aromatic rings. The number of hydrogen-bond acceptors (Lipinski definition) is 2. The molecule has 0 aliphatic heterocycles. The van der Waals surface area contributed by atoms with Crippen molar-refractivity contribution in [2.75, 3.05) is 0 Å². The highest BCUT2D eigenvalue weighted by atomic mass is 19.1. The smallest absolute Gasteiger partial charge is 0.115 e. The average Bonchev–Trinajstić information content (AvgIpc) is 2.72. The van der Waals surface area contributed by atoms with Gasteiger partial charge < -0.3 is 10.3 Å². The van der Waals surface area contributed by atoms with Crippen molar-refractivity contribution in [2.24, 2.45) is 0 Å². The van der Waals surface area contributed by atoms with Crippen molar-refractivity contribution in [3.05, 3.63) is 18.2 Å². The second-order valence-electron chi connectivity index (χ2n) is 3.51. The number of rotatable bonds is 3. The molecule has 3 nitrogen and oxygen atoms in total. The van der Waals surface area contributed by atoms with E-state index < -0.39 is 6.17 Å². The van der Waals surface area contributed by atoms with Crippen LogP contribution in [0.5, 0.6) is 0 Å². The molecule has 4 heteroatoms. The fourth-order valence-electron chi connectivity index (χ4n) is 1.77. The lowest BCUT2D eigenvalue weighted by atomic mass is 10.2. The summed E-state index contributed by atoms with van der Waals surface area (Å²) in [4.78, 5) is 6.88. The highest BCUT2D eigenvalue weighted by molar-refractivity contribution is 4.95. The maximum atomic E-state index is 13.1. The zero-order valence-corrected chi connectivity index (χ0v) is 7.46. The standard InChI is InChI=1S/C9H14FN3/c10-8-2-1-3-9(8)12-5-7-4-11-6-13-7/h4,6,8-9,12H,1-3,5H2,(H,11,13)/t8-,9+/m1/s1. The molecule has 1 aliphatic carbocycles. The largest absolute Gasteiger partial charge is 0.347 e. The first-order valence-corrected chi connectivity index (χ1v) is 4.71. The summed E-state index contributed by atoms with van der Waals surface area (Å²) in [6, 6.07) is 0.0447. The Morgan fingerprint density at radius 2 is 2.54 bits per heavy atom. The first-order valence-electron chi connectivity index (χ1n) is 4.71.